The third-order valence-electron chi connectivity index (χ3n) is 4.86. The molecule has 0 fully saturated rings. The van der Waals surface area contributed by atoms with Crippen LogP contribution < -0.4 is 10.9 Å². The lowest BCUT2D eigenvalue weighted by molar-refractivity contribution is -0.126. The van der Waals surface area contributed by atoms with Crippen molar-refractivity contribution in [3.05, 3.63) is 62.0 Å². The van der Waals surface area contributed by atoms with Gasteiger partial charge in [0.15, 0.2) is 5.78 Å². The minimum atomic E-state index is -0.760. The van der Waals surface area contributed by atoms with Gasteiger partial charge in [0.25, 0.3) is 6.47 Å². The molecule has 7 nitrogen and oxygen atoms in total. The van der Waals surface area contributed by atoms with Gasteiger partial charge in [-0.1, -0.05) is 40.7 Å². The first-order chi connectivity index (χ1) is 16.6. The van der Waals surface area contributed by atoms with Crippen LogP contribution in [0.2, 0.25) is 0 Å². The van der Waals surface area contributed by atoms with E-state index in [1.54, 1.807) is 6.92 Å². The minimum Gasteiger partial charge on any atom is -0.507 e. The van der Waals surface area contributed by atoms with Gasteiger partial charge in [0, 0.05) is 35.2 Å². The summed E-state index contributed by atoms with van der Waals surface area (Å²) >= 11 is 1.96. The third kappa shape index (κ3) is 13.0. The highest BCUT2D eigenvalue weighted by molar-refractivity contribution is 7.11. The minimum absolute atomic E-state index is 0.0131. The van der Waals surface area contributed by atoms with Gasteiger partial charge in [-0.05, 0) is 49.9 Å². The first kappa shape index (κ1) is 32.1. The summed E-state index contributed by atoms with van der Waals surface area (Å²) in [6, 6.07) is 5.89. The van der Waals surface area contributed by atoms with E-state index in [9.17, 15) is 14.7 Å². The average molecular weight is 508 g/mol. The molecule has 0 aliphatic heterocycles. The van der Waals surface area contributed by atoms with Crippen LogP contribution in [0.4, 0.5) is 0 Å². The van der Waals surface area contributed by atoms with Crippen molar-refractivity contribution in [3.63, 3.8) is 0 Å². The number of methoxy groups -OCH3 is 1. The molecule has 2 heterocycles. The molecule has 0 saturated heterocycles. The highest BCUT2D eigenvalue weighted by atomic mass is 32.1. The van der Waals surface area contributed by atoms with Crippen LogP contribution in [0.1, 0.15) is 85.7 Å². The molecule has 0 radical (unpaired) electrons. The Bertz CT molecular complexity index is 961. The second kappa shape index (κ2) is 18.5. The first-order valence-electron chi connectivity index (χ1n) is 11.9. The topological polar surface area (TPSA) is 106 Å². The molecular weight excluding hydrogens is 466 g/mol. The maximum Gasteiger partial charge on any atom is 0.350 e. The second-order valence-electron chi connectivity index (χ2n) is 8.29. The number of rotatable bonds is 11. The van der Waals surface area contributed by atoms with Crippen molar-refractivity contribution in [2.75, 3.05) is 14.2 Å². The summed E-state index contributed by atoms with van der Waals surface area (Å²) in [7, 11) is 3.13. The molecule has 1 atom stereocenters. The number of aromatic hydroxyl groups is 1. The van der Waals surface area contributed by atoms with Crippen LogP contribution in [0, 0.1) is 5.92 Å². The van der Waals surface area contributed by atoms with E-state index in [1.165, 1.54) is 35.8 Å². The van der Waals surface area contributed by atoms with Gasteiger partial charge >= 0.3 is 5.63 Å². The van der Waals surface area contributed by atoms with Crippen molar-refractivity contribution < 1.29 is 23.8 Å². The number of Topliss-reactive ketones (excluding diaryl/α,β-unsaturated/α-hetero) is 1. The van der Waals surface area contributed by atoms with Crippen molar-refractivity contribution in [2.24, 2.45) is 5.92 Å². The molecule has 2 aromatic heterocycles. The molecule has 0 aromatic carbocycles. The molecule has 0 amide bonds. The molecule has 0 saturated carbocycles. The van der Waals surface area contributed by atoms with Crippen molar-refractivity contribution in [1.29, 1.82) is 0 Å². The predicted octanol–water partition coefficient (Wildman–Crippen LogP) is 5.85. The molecule has 2 aromatic rings. The smallest absolute Gasteiger partial charge is 0.350 e. The normalized spacial score (nSPS) is 11.2. The monoisotopic (exact) mass is 507 g/mol. The molecule has 2 N–H and O–H groups in total. The highest BCUT2D eigenvalue weighted by Crippen LogP contribution is 2.25. The number of thiophene rings is 1. The number of hydrogen-bond donors (Lipinski definition) is 2. The van der Waals surface area contributed by atoms with E-state index < -0.39 is 11.4 Å². The van der Waals surface area contributed by atoms with Gasteiger partial charge in [-0.3, -0.25) is 9.59 Å². The van der Waals surface area contributed by atoms with E-state index >= 15 is 0 Å². The van der Waals surface area contributed by atoms with E-state index in [2.05, 4.69) is 43.0 Å². The molecule has 2 rings (SSSR count). The molecule has 0 spiro atoms. The summed E-state index contributed by atoms with van der Waals surface area (Å²) in [5.74, 6) is 0.477. The van der Waals surface area contributed by atoms with E-state index in [0.717, 1.165) is 18.8 Å². The van der Waals surface area contributed by atoms with Gasteiger partial charge in [-0.15, -0.1) is 11.3 Å². The van der Waals surface area contributed by atoms with Crippen LogP contribution in [0.5, 0.6) is 5.75 Å². The van der Waals surface area contributed by atoms with Gasteiger partial charge in [-0.2, -0.15) is 0 Å². The largest absolute Gasteiger partial charge is 0.507 e. The van der Waals surface area contributed by atoms with E-state index in [1.807, 2.05) is 37.6 Å². The number of ether oxygens (including phenoxy) is 1. The molecule has 0 aliphatic carbocycles. The summed E-state index contributed by atoms with van der Waals surface area (Å²) in [6.07, 6.45) is 7.99. The van der Waals surface area contributed by atoms with Crippen LogP contribution in [-0.2, 0) is 22.4 Å². The lowest BCUT2D eigenvalue weighted by Crippen LogP contribution is -2.15. The molecule has 1 unspecified atom stereocenters. The Morgan fingerprint density at radius 3 is 2.31 bits per heavy atom. The fourth-order valence-corrected chi connectivity index (χ4v) is 4.16. The third-order valence-corrected chi connectivity index (χ3v) is 6.11. The van der Waals surface area contributed by atoms with Crippen LogP contribution in [0.15, 0.2) is 39.7 Å². The Kier molecular flexibility index (Phi) is 16.9. The lowest BCUT2D eigenvalue weighted by Gasteiger charge is -2.10. The van der Waals surface area contributed by atoms with Gasteiger partial charge in [0.05, 0.1) is 7.11 Å². The van der Waals surface area contributed by atoms with Crippen LogP contribution in [0.3, 0.4) is 0 Å². The Morgan fingerprint density at radius 2 is 1.86 bits per heavy atom. The second-order valence-corrected chi connectivity index (χ2v) is 9.55. The van der Waals surface area contributed by atoms with Gasteiger partial charge in [0.1, 0.15) is 17.1 Å². The molecular formula is C27H41NO6S. The van der Waals surface area contributed by atoms with Crippen LogP contribution in [0.25, 0.3) is 0 Å². The fraction of sp³-hybridized carbons (Fsp3) is 0.519. The Hall–Kier alpha value is -2.87. The molecule has 35 heavy (non-hydrogen) atoms. The van der Waals surface area contributed by atoms with Crippen molar-refractivity contribution in [3.8, 4) is 5.75 Å². The predicted molar refractivity (Wildman–Crippen MR) is 142 cm³/mol. The van der Waals surface area contributed by atoms with Crippen molar-refractivity contribution in [2.45, 2.75) is 72.6 Å². The van der Waals surface area contributed by atoms with Crippen molar-refractivity contribution in [1.82, 2.24) is 5.32 Å². The average Bonchev–Trinajstić information content (AvgIpc) is 3.28. The number of ketones is 1. The Labute approximate surface area is 213 Å². The number of aryl methyl sites for hydroxylation is 1. The standard InChI is InChI=1S/C15H21NO4.C10H16S.C2H4O2/c1-4-11(17)14-12(18)9-13(20-15(14)19)10(2)7-5-6-8-16-3;1-4-9-5-6-10(11-9)7-8(2)3;1-4-2-3/h6,8-10,16,18H,4-5,7H2,1-3H3;5-6,8H,4,7H2,1-3H3;2H,1H3/b8-6+;;. The van der Waals surface area contributed by atoms with Gasteiger partial charge in [-0.25, -0.2) is 4.79 Å². The zero-order valence-corrected chi connectivity index (χ0v) is 22.9. The Morgan fingerprint density at radius 1 is 1.23 bits per heavy atom. The number of carbonyl (C=O) groups excluding carboxylic acids is 2. The van der Waals surface area contributed by atoms with Gasteiger partial charge in [0.2, 0.25) is 0 Å². The fourth-order valence-electron chi connectivity index (χ4n) is 2.99. The number of carbonyl (C=O) groups is 2. The summed E-state index contributed by atoms with van der Waals surface area (Å²) in [5, 5.41) is 12.7. The summed E-state index contributed by atoms with van der Waals surface area (Å²) in [6.45, 7) is 10.7. The molecule has 196 valence electrons. The lowest BCUT2D eigenvalue weighted by atomic mass is 10.0. The zero-order chi connectivity index (χ0) is 26.8. The van der Waals surface area contributed by atoms with Crippen molar-refractivity contribution >= 4 is 23.6 Å². The zero-order valence-electron chi connectivity index (χ0n) is 22.1. The summed E-state index contributed by atoms with van der Waals surface area (Å²) in [4.78, 5) is 35.3. The first-order valence-corrected chi connectivity index (χ1v) is 12.7. The maximum atomic E-state index is 11.8. The number of hydrogen-bond acceptors (Lipinski definition) is 8. The summed E-state index contributed by atoms with van der Waals surface area (Å²) in [5.41, 5.74) is -1.01. The quantitative estimate of drug-likeness (QED) is 0.290. The van der Waals surface area contributed by atoms with E-state index in [-0.39, 0.29) is 23.7 Å². The number of allylic oxidation sites excluding steroid dienone is 1. The Balaban J connectivity index is 0.000000642. The van der Waals surface area contributed by atoms with Crippen LogP contribution in [-0.4, -0.2) is 31.5 Å². The summed E-state index contributed by atoms with van der Waals surface area (Å²) < 4.78 is 9.02. The molecule has 0 aliphatic rings. The maximum absolute atomic E-state index is 11.8. The SMILES string of the molecule is CCC(=O)c1c(O)cc(C(C)CC/C=C/NC)oc1=O.CCc1ccc(CC(C)C)s1.COC=O. The van der Waals surface area contributed by atoms with Crippen LogP contribution >= 0.6 is 11.3 Å². The molecule has 8 heteroatoms. The van der Waals surface area contributed by atoms with Gasteiger partial charge < -0.3 is 19.6 Å². The number of nitrogens with one attached hydrogen (secondary N) is 1. The molecule has 0 bridgehead atoms. The highest BCUT2D eigenvalue weighted by Gasteiger charge is 2.19. The van der Waals surface area contributed by atoms with E-state index in [0.29, 0.717) is 12.2 Å². The van der Waals surface area contributed by atoms with E-state index in [4.69, 9.17) is 9.21 Å².